The van der Waals surface area contributed by atoms with Gasteiger partial charge in [0.25, 0.3) is 5.91 Å². The molecule has 1 saturated heterocycles. The Labute approximate surface area is 160 Å². The Hall–Kier alpha value is -3.40. The Morgan fingerprint density at radius 1 is 1.11 bits per heavy atom. The standard InChI is InChI=1S/C18H21N5O5/c1-22-14(16(25)19-12-4-2-11(3-5-12)17(26)27)10-15(21-22)20-18(28)23-8-6-13(24)7-9-23/h2-5,10,13,24H,6-9H2,1H3,(H,19,25)(H,26,27)(H,20,21,28). The van der Waals surface area contributed by atoms with Gasteiger partial charge in [-0.1, -0.05) is 0 Å². The number of carboxylic acid groups (broad SMARTS) is 1. The van der Waals surface area contributed by atoms with Gasteiger partial charge < -0.3 is 20.4 Å². The van der Waals surface area contributed by atoms with Crippen LogP contribution >= 0.6 is 0 Å². The number of hydrogen-bond donors (Lipinski definition) is 4. The van der Waals surface area contributed by atoms with Gasteiger partial charge in [0.2, 0.25) is 0 Å². The van der Waals surface area contributed by atoms with Gasteiger partial charge in [-0.2, -0.15) is 5.10 Å². The predicted molar refractivity (Wildman–Crippen MR) is 100 cm³/mol. The number of carboxylic acids is 1. The summed E-state index contributed by atoms with van der Waals surface area (Å²) in [4.78, 5) is 37.2. The molecule has 1 aromatic carbocycles. The number of anilines is 2. The van der Waals surface area contributed by atoms with Crippen LogP contribution in [0.3, 0.4) is 0 Å². The minimum absolute atomic E-state index is 0.119. The summed E-state index contributed by atoms with van der Waals surface area (Å²) >= 11 is 0. The van der Waals surface area contributed by atoms with E-state index in [2.05, 4.69) is 15.7 Å². The third-order valence-corrected chi connectivity index (χ3v) is 4.49. The van der Waals surface area contributed by atoms with Crippen molar-refractivity contribution in [3.8, 4) is 0 Å². The van der Waals surface area contributed by atoms with Gasteiger partial charge in [-0.3, -0.25) is 14.8 Å². The van der Waals surface area contributed by atoms with Gasteiger partial charge in [0.1, 0.15) is 5.69 Å². The second-order valence-electron chi connectivity index (χ2n) is 6.52. The molecule has 0 bridgehead atoms. The smallest absolute Gasteiger partial charge is 0.335 e. The quantitative estimate of drug-likeness (QED) is 0.625. The number of aromatic nitrogens is 2. The van der Waals surface area contributed by atoms with E-state index in [1.165, 1.54) is 35.0 Å². The summed E-state index contributed by atoms with van der Waals surface area (Å²) in [7, 11) is 1.58. The molecule has 4 N–H and O–H groups in total. The molecule has 10 heteroatoms. The van der Waals surface area contributed by atoms with E-state index in [9.17, 15) is 19.5 Å². The molecular weight excluding hydrogens is 366 g/mol. The molecule has 10 nitrogen and oxygen atoms in total. The van der Waals surface area contributed by atoms with Crippen molar-refractivity contribution < 1.29 is 24.6 Å². The molecule has 0 saturated carbocycles. The van der Waals surface area contributed by atoms with Crippen LogP contribution in [0.1, 0.15) is 33.7 Å². The second kappa shape index (κ2) is 8.09. The van der Waals surface area contributed by atoms with Crippen LogP contribution in [-0.2, 0) is 7.05 Å². The molecule has 0 aliphatic carbocycles. The molecule has 148 valence electrons. The minimum Gasteiger partial charge on any atom is -0.478 e. The lowest BCUT2D eigenvalue weighted by Crippen LogP contribution is -2.42. The topological polar surface area (TPSA) is 137 Å². The van der Waals surface area contributed by atoms with Crippen LogP contribution in [0.4, 0.5) is 16.3 Å². The molecule has 0 unspecified atom stereocenters. The molecule has 1 fully saturated rings. The summed E-state index contributed by atoms with van der Waals surface area (Å²) in [6, 6.07) is 6.89. The van der Waals surface area contributed by atoms with Crippen molar-refractivity contribution in [2.24, 2.45) is 7.05 Å². The summed E-state index contributed by atoms with van der Waals surface area (Å²) in [5.74, 6) is -1.25. The fraction of sp³-hybridized carbons (Fsp3) is 0.333. The lowest BCUT2D eigenvalue weighted by atomic mass is 10.1. The highest BCUT2D eigenvalue weighted by molar-refractivity contribution is 6.04. The van der Waals surface area contributed by atoms with Crippen molar-refractivity contribution in [1.29, 1.82) is 0 Å². The number of likely N-dealkylation sites (tertiary alicyclic amines) is 1. The van der Waals surface area contributed by atoms with E-state index in [-0.39, 0.29) is 29.2 Å². The summed E-state index contributed by atoms with van der Waals surface area (Å²) < 4.78 is 1.34. The molecule has 1 aliphatic heterocycles. The summed E-state index contributed by atoms with van der Waals surface area (Å²) in [5, 5.41) is 27.9. The van der Waals surface area contributed by atoms with Crippen LogP contribution in [0.25, 0.3) is 0 Å². The molecule has 1 aliphatic rings. The number of aromatic carboxylic acids is 1. The Balaban J connectivity index is 1.63. The van der Waals surface area contributed by atoms with Crippen molar-refractivity contribution in [3.63, 3.8) is 0 Å². The molecule has 0 radical (unpaired) electrons. The van der Waals surface area contributed by atoms with E-state index in [4.69, 9.17) is 5.11 Å². The number of piperidine rings is 1. The zero-order chi connectivity index (χ0) is 20.3. The zero-order valence-electron chi connectivity index (χ0n) is 15.3. The number of aryl methyl sites for hydroxylation is 1. The zero-order valence-corrected chi connectivity index (χ0v) is 15.3. The SMILES string of the molecule is Cn1nc(NC(=O)N2CCC(O)CC2)cc1C(=O)Nc1ccc(C(=O)O)cc1. The highest BCUT2D eigenvalue weighted by atomic mass is 16.4. The molecule has 3 amide bonds. The van der Waals surface area contributed by atoms with Crippen molar-refractivity contribution in [2.45, 2.75) is 18.9 Å². The summed E-state index contributed by atoms with van der Waals surface area (Å²) in [6.45, 7) is 0.916. The average Bonchev–Trinajstić information content (AvgIpc) is 3.03. The number of benzene rings is 1. The number of nitrogens with one attached hydrogen (secondary N) is 2. The number of carbonyl (C=O) groups is 3. The van der Waals surface area contributed by atoms with Crippen LogP contribution in [0.15, 0.2) is 30.3 Å². The Morgan fingerprint density at radius 2 is 1.75 bits per heavy atom. The van der Waals surface area contributed by atoms with E-state index >= 15 is 0 Å². The van der Waals surface area contributed by atoms with Crippen LogP contribution in [0.5, 0.6) is 0 Å². The monoisotopic (exact) mass is 387 g/mol. The fourth-order valence-corrected chi connectivity index (χ4v) is 2.89. The first-order valence-electron chi connectivity index (χ1n) is 8.76. The average molecular weight is 387 g/mol. The van der Waals surface area contributed by atoms with Crippen LogP contribution in [0, 0.1) is 0 Å². The fourth-order valence-electron chi connectivity index (χ4n) is 2.89. The maximum Gasteiger partial charge on any atom is 0.335 e. The van der Waals surface area contributed by atoms with Gasteiger partial charge >= 0.3 is 12.0 Å². The van der Waals surface area contributed by atoms with Gasteiger partial charge in [-0.15, -0.1) is 0 Å². The number of aliphatic hydroxyl groups is 1. The first-order valence-corrected chi connectivity index (χ1v) is 8.76. The normalized spacial score (nSPS) is 14.6. The number of amides is 3. The molecule has 1 aromatic heterocycles. The number of carbonyl (C=O) groups excluding carboxylic acids is 2. The van der Waals surface area contributed by atoms with Crippen molar-refractivity contribution in [1.82, 2.24) is 14.7 Å². The van der Waals surface area contributed by atoms with Gasteiger partial charge in [-0.05, 0) is 37.1 Å². The molecule has 3 rings (SSSR count). The van der Waals surface area contributed by atoms with Crippen molar-refractivity contribution in [3.05, 3.63) is 41.6 Å². The number of rotatable bonds is 4. The van der Waals surface area contributed by atoms with Crippen LogP contribution < -0.4 is 10.6 Å². The molecule has 28 heavy (non-hydrogen) atoms. The molecule has 0 spiro atoms. The molecule has 2 aromatic rings. The number of aliphatic hydroxyl groups excluding tert-OH is 1. The largest absolute Gasteiger partial charge is 0.478 e. The predicted octanol–water partition coefficient (Wildman–Crippen LogP) is 1.36. The lowest BCUT2D eigenvalue weighted by Gasteiger charge is -2.29. The highest BCUT2D eigenvalue weighted by Gasteiger charge is 2.22. The van der Waals surface area contributed by atoms with Gasteiger partial charge in [0, 0.05) is 31.9 Å². The number of urea groups is 1. The van der Waals surface area contributed by atoms with E-state index in [0.29, 0.717) is 31.6 Å². The maximum absolute atomic E-state index is 12.5. The second-order valence-corrected chi connectivity index (χ2v) is 6.52. The number of hydrogen-bond acceptors (Lipinski definition) is 5. The molecular formula is C18H21N5O5. The van der Waals surface area contributed by atoms with Crippen LogP contribution in [-0.4, -0.2) is 62.0 Å². The maximum atomic E-state index is 12.5. The summed E-state index contributed by atoms with van der Waals surface area (Å²) in [5.41, 5.74) is 0.786. The molecule has 2 heterocycles. The van der Waals surface area contributed by atoms with Crippen molar-refractivity contribution in [2.75, 3.05) is 23.7 Å². The van der Waals surface area contributed by atoms with E-state index < -0.39 is 11.9 Å². The van der Waals surface area contributed by atoms with Gasteiger partial charge in [-0.25, -0.2) is 9.59 Å². The van der Waals surface area contributed by atoms with E-state index in [0.717, 1.165) is 0 Å². The lowest BCUT2D eigenvalue weighted by molar-refractivity contribution is 0.0696. The Morgan fingerprint density at radius 3 is 2.36 bits per heavy atom. The third kappa shape index (κ3) is 4.46. The minimum atomic E-state index is -1.05. The Kier molecular flexibility index (Phi) is 5.59. The Bertz CT molecular complexity index is 884. The van der Waals surface area contributed by atoms with E-state index in [1.807, 2.05) is 0 Å². The van der Waals surface area contributed by atoms with E-state index in [1.54, 1.807) is 11.9 Å². The van der Waals surface area contributed by atoms with Gasteiger partial charge in [0.15, 0.2) is 5.82 Å². The summed E-state index contributed by atoms with van der Waals surface area (Å²) in [6.07, 6.45) is 0.687. The highest BCUT2D eigenvalue weighted by Crippen LogP contribution is 2.15. The first kappa shape index (κ1) is 19.4. The van der Waals surface area contributed by atoms with Gasteiger partial charge in [0.05, 0.1) is 11.7 Å². The third-order valence-electron chi connectivity index (χ3n) is 4.49. The number of nitrogens with zero attached hydrogens (tertiary/aromatic N) is 3. The first-order chi connectivity index (χ1) is 13.3. The van der Waals surface area contributed by atoms with Crippen molar-refractivity contribution >= 4 is 29.4 Å². The van der Waals surface area contributed by atoms with Crippen LogP contribution in [0.2, 0.25) is 0 Å². The molecule has 0 atom stereocenters.